The number of aromatic nitrogens is 2. The second kappa shape index (κ2) is 6.52. The quantitative estimate of drug-likeness (QED) is 0.668. The maximum absolute atomic E-state index is 13.7. The predicted molar refractivity (Wildman–Crippen MR) is 100 cm³/mol. The van der Waals surface area contributed by atoms with Gasteiger partial charge in [-0.25, -0.2) is 9.07 Å². The van der Waals surface area contributed by atoms with E-state index in [2.05, 4.69) is 5.32 Å². The van der Waals surface area contributed by atoms with Gasteiger partial charge in [0.15, 0.2) is 0 Å². The van der Waals surface area contributed by atoms with Gasteiger partial charge in [-0.3, -0.25) is 0 Å². The molecule has 0 saturated carbocycles. The van der Waals surface area contributed by atoms with Gasteiger partial charge in [0.2, 0.25) is 0 Å². The Kier molecular flexibility index (Phi) is 4.22. The summed E-state index contributed by atoms with van der Waals surface area (Å²) < 4.78 is 15.7. The lowest BCUT2D eigenvalue weighted by molar-refractivity contribution is 0.628. The number of hydrogen-bond acceptors (Lipinski definition) is 2. The van der Waals surface area contributed by atoms with Crippen LogP contribution in [0.5, 0.6) is 0 Å². The van der Waals surface area contributed by atoms with Crippen LogP contribution in [0.25, 0.3) is 16.9 Å². The maximum atomic E-state index is 13.7. The van der Waals surface area contributed by atoms with Crippen molar-refractivity contribution in [3.63, 3.8) is 0 Å². The van der Waals surface area contributed by atoms with Crippen molar-refractivity contribution >= 4 is 17.4 Å². The van der Waals surface area contributed by atoms with E-state index in [0.717, 1.165) is 59.7 Å². The van der Waals surface area contributed by atoms with E-state index in [-0.39, 0.29) is 5.82 Å². The fourth-order valence-electron chi connectivity index (χ4n) is 3.36. The number of fused-ring (bicyclic) bond motifs is 1. The summed E-state index contributed by atoms with van der Waals surface area (Å²) in [7, 11) is 0. The van der Waals surface area contributed by atoms with Crippen molar-refractivity contribution in [1.29, 1.82) is 0 Å². The van der Waals surface area contributed by atoms with E-state index in [4.69, 9.17) is 16.7 Å². The van der Waals surface area contributed by atoms with E-state index in [1.165, 1.54) is 6.07 Å². The fraction of sp³-hybridized carbons (Fsp3) is 0.250. The number of benzene rings is 2. The van der Waals surface area contributed by atoms with E-state index in [1.54, 1.807) is 12.1 Å². The van der Waals surface area contributed by atoms with Crippen molar-refractivity contribution in [2.45, 2.75) is 26.2 Å². The first-order valence-electron chi connectivity index (χ1n) is 8.52. The monoisotopic (exact) mass is 355 g/mol. The van der Waals surface area contributed by atoms with Gasteiger partial charge in [-0.1, -0.05) is 29.8 Å². The predicted octanol–water partition coefficient (Wildman–Crippen LogP) is 5.39. The largest absolute Gasteiger partial charge is 0.370 e. The zero-order chi connectivity index (χ0) is 17.4. The lowest BCUT2D eigenvalue weighted by Crippen LogP contribution is -2.08. The molecule has 2 heterocycles. The Morgan fingerprint density at radius 1 is 1.16 bits per heavy atom. The van der Waals surface area contributed by atoms with Crippen molar-refractivity contribution in [2.75, 3.05) is 11.9 Å². The summed E-state index contributed by atoms with van der Waals surface area (Å²) in [6.07, 6.45) is 3.11. The minimum Gasteiger partial charge on any atom is -0.370 e. The molecular weight excluding hydrogens is 337 g/mol. The topological polar surface area (TPSA) is 29.9 Å². The normalized spacial score (nSPS) is 13.9. The van der Waals surface area contributed by atoms with Gasteiger partial charge in [0.25, 0.3) is 0 Å². The van der Waals surface area contributed by atoms with E-state index in [0.29, 0.717) is 5.02 Å². The first-order chi connectivity index (χ1) is 12.1. The summed E-state index contributed by atoms with van der Waals surface area (Å²) in [4.78, 5) is 0. The smallest absolute Gasteiger partial charge is 0.133 e. The van der Waals surface area contributed by atoms with Gasteiger partial charge >= 0.3 is 0 Å². The standard InChI is InChI=1S/C20H19ClFN3/c1-13-8-9-15(21)12-18(13)25-20-17(7-2-3-10-23-20)19(24-25)14-5-4-6-16(22)11-14/h4-6,8-9,11-12,23H,2-3,7,10H2,1H3. The highest BCUT2D eigenvalue weighted by Gasteiger charge is 2.22. The highest BCUT2D eigenvalue weighted by Crippen LogP contribution is 2.35. The Bertz CT molecular complexity index is 933. The first-order valence-corrected chi connectivity index (χ1v) is 8.89. The van der Waals surface area contributed by atoms with Crippen LogP contribution in [0.1, 0.15) is 24.0 Å². The van der Waals surface area contributed by atoms with Gasteiger partial charge in [0.1, 0.15) is 11.6 Å². The summed E-state index contributed by atoms with van der Waals surface area (Å²) in [5.74, 6) is 0.739. The minimum absolute atomic E-state index is 0.249. The summed E-state index contributed by atoms with van der Waals surface area (Å²) >= 11 is 6.22. The SMILES string of the molecule is Cc1ccc(Cl)cc1-n1nc(-c2cccc(F)c2)c2c1NCCCC2. The van der Waals surface area contributed by atoms with Gasteiger partial charge in [0, 0.05) is 22.7 Å². The minimum atomic E-state index is -0.249. The number of halogens is 2. The second-order valence-corrected chi connectivity index (χ2v) is 6.85. The Hall–Kier alpha value is -2.33. The van der Waals surface area contributed by atoms with Crippen molar-refractivity contribution in [2.24, 2.45) is 0 Å². The second-order valence-electron chi connectivity index (χ2n) is 6.41. The van der Waals surface area contributed by atoms with Crippen LogP contribution in [0.4, 0.5) is 10.2 Å². The molecule has 3 aromatic rings. The maximum Gasteiger partial charge on any atom is 0.133 e. The van der Waals surface area contributed by atoms with E-state index in [9.17, 15) is 4.39 Å². The number of hydrogen-bond donors (Lipinski definition) is 1. The average molecular weight is 356 g/mol. The third kappa shape index (κ3) is 3.02. The molecule has 0 atom stereocenters. The molecule has 0 aliphatic carbocycles. The molecule has 0 fully saturated rings. The molecule has 1 aliphatic heterocycles. The molecular formula is C20H19ClFN3. The molecule has 1 aliphatic rings. The van der Waals surface area contributed by atoms with Crippen LogP contribution in [-0.4, -0.2) is 16.3 Å². The zero-order valence-corrected chi connectivity index (χ0v) is 14.8. The third-order valence-corrected chi connectivity index (χ3v) is 4.86. The van der Waals surface area contributed by atoms with Crippen LogP contribution in [0, 0.1) is 12.7 Å². The average Bonchev–Trinajstić information content (AvgIpc) is 2.78. The molecule has 1 aromatic heterocycles. The van der Waals surface area contributed by atoms with Gasteiger partial charge in [0.05, 0.1) is 11.4 Å². The molecule has 5 heteroatoms. The molecule has 0 unspecified atom stereocenters. The van der Waals surface area contributed by atoms with E-state index in [1.807, 2.05) is 35.9 Å². The van der Waals surface area contributed by atoms with Gasteiger partial charge < -0.3 is 5.32 Å². The Balaban J connectivity index is 1.95. The van der Waals surface area contributed by atoms with Gasteiger partial charge in [-0.2, -0.15) is 5.10 Å². The van der Waals surface area contributed by atoms with Crippen molar-refractivity contribution in [1.82, 2.24) is 9.78 Å². The summed E-state index contributed by atoms with van der Waals surface area (Å²) in [5.41, 5.74) is 4.82. The number of anilines is 1. The molecule has 3 nitrogen and oxygen atoms in total. The van der Waals surface area contributed by atoms with Crippen molar-refractivity contribution in [3.8, 4) is 16.9 Å². The van der Waals surface area contributed by atoms with Crippen LogP contribution in [0.15, 0.2) is 42.5 Å². The summed E-state index contributed by atoms with van der Waals surface area (Å²) in [5, 5.41) is 9.03. The molecule has 0 spiro atoms. The number of rotatable bonds is 2. The Morgan fingerprint density at radius 3 is 2.88 bits per heavy atom. The highest BCUT2D eigenvalue weighted by atomic mass is 35.5. The zero-order valence-electron chi connectivity index (χ0n) is 14.0. The summed E-state index contributed by atoms with van der Waals surface area (Å²) in [6.45, 7) is 2.94. The highest BCUT2D eigenvalue weighted by molar-refractivity contribution is 6.30. The first kappa shape index (κ1) is 16.2. The molecule has 2 aromatic carbocycles. The Morgan fingerprint density at radius 2 is 2.04 bits per heavy atom. The van der Waals surface area contributed by atoms with Crippen LogP contribution >= 0.6 is 11.6 Å². The van der Waals surface area contributed by atoms with Crippen LogP contribution < -0.4 is 5.32 Å². The number of nitrogens with zero attached hydrogens (tertiary/aromatic N) is 2. The molecule has 128 valence electrons. The van der Waals surface area contributed by atoms with E-state index >= 15 is 0 Å². The van der Waals surface area contributed by atoms with Gasteiger partial charge in [-0.15, -0.1) is 0 Å². The molecule has 4 rings (SSSR count). The van der Waals surface area contributed by atoms with Crippen molar-refractivity contribution < 1.29 is 4.39 Å². The number of aryl methyl sites for hydroxylation is 1. The van der Waals surface area contributed by atoms with Gasteiger partial charge in [-0.05, 0) is 56.0 Å². The molecule has 0 saturated heterocycles. The molecule has 0 bridgehead atoms. The molecule has 1 N–H and O–H groups in total. The third-order valence-electron chi connectivity index (χ3n) is 4.63. The fourth-order valence-corrected chi connectivity index (χ4v) is 3.52. The summed E-state index contributed by atoms with van der Waals surface area (Å²) in [6, 6.07) is 12.4. The lowest BCUT2D eigenvalue weighted by atomic mass is 10.0. The Labute approximate surface area is 151 Å². The lowest BCUT2D eigenvalue weighted by Gasteiger charge is -2.12. The van der Waals surface area contributed by atoms with Crippen LogP contribution in [0.2, 0.25) is 5.02 Å². The van der Waals surface area contributed by atoms with Crippen molar-refractivity contribution in [3.05, 3.63) is 64.4 Å². The molecule has 25 heavy (non-hydrogen) atoms. The number of nitrogens with one attached hydrogen (secondary N) is 1. The van der Waals surface area contributed by atoms with E-state index < -0.39 is 0 Å². The van der Waals surface area contributed by atoms with Crippen LogP contribution in [-0.2, 0) is 6.42 Å². The van der Waals surface area contributed by atoms with Crippen LogP contribution in [0.3, 0.4) is 0 Å². The molecule has 0 amide bonds. The molecule has 0 radical (unpaired) electrons.